The lowest BCUT2D eigenvalue weighted by Crippen LogP contribution is -2.15. The summed E-state index contributed by atoms with van der Waals surface area (Å²) in [4.78, 5) is 37.4. The second kappa shape index (κ2) is 9.92. The zero-order valence-corrected chi connectivity index (χ0v) is 18.8. The first kappa shape index (κ1) is 22.0. The number of ether oxygens (including phenoxy) is 1. The van der Waals surface area contributed by atoms with Crippen LogP contribution in [0.2, 0.25) is 0 Å². The molecule has 1 aromatic heterocycles. The molecule has 32 heavy (non-hydrogen) atoms. The number of nitrogens with one attached hydrogen (secondary N) is 1. The van der Waals surface area contributed by atoms with E-state index in [-0.39, 0.29) is 24.5 Å². The second-order valence-corrected chi connectivity index (χ2v) is 8.75. The van der Waals surface area contributed by atoms with E-state index in [1.807, 2.05) is 17.5 Å². The summed E-state index contributed by atoms with van der Waals surface area (Å²) in [6.45, 7) is 0. The Labute approximate surface area is 191 Å². The van der Waals surface area contributed by atoms with E-state index in [0.29, 0.717) is 16.1 Å². The molecule has 0 saturated carbocycles. The Morgan fingerprint density at radius 3 is 2.47 bits per heavy atom. The molecule has 1 aliphatic rings. The number of carbonyl (C=O) groups is 3. The number of esters is 1. The number of carbonyl (C=O) groups excluding carboxylic acids is 3. The number of aryl methyl sites for hydroxylation is 2. The van der Waals surface area contributed by atoms with Crippen molar-refractivity contribution in [2.75, 3.05) is 12.4 Å². The molecule has 1 heterocycles. The van der Waals surface area contributed by atoms with Gasteiger partial charge in [0.15, 0.2) is 5.78 Å². The van der Waals surface area contributed by atoms with Crippen molar-refractivity contribution in [3.8, 4) is 11.1 Å². The molecule has 6 heteroatoms. The Morgan fingerprint density at radius 1 is 0.969 bits per heavy atom. The van der Waals surface area contributed by atoms with Crippen molar-refractivity contribution in [3.63, 3.8) is 0 Å². The van der Waals surface area contributed by atoms with E-state index in [1.54, 1.807) is 24.3 Å². The predicted octanol–water partition coefficient (Wildman–Crippen LogP) is 5.68. The van der Waals surface area contributed by atoms with Gasteiger partial charge in [0.25, 0.3) is 0 Å². The molecule has 3 aromatic rings. The Bertz CT molecular complexity index is 1150. The number of thiophene rings is 1. The van der Waals surface area contributed by atoms with Crippen molar-refractivity contribution in [3.05, 3.63) is 76.2 Å². The maximum atomic E-state index is 12.6. The molecule has 0 unspecified atom stereocenters. The molecule has 0 radical (unpaired) electrons. The van der Waals surface area contributed by atoms with Crippen molar-refractivity contribution in [1.82, 2.24) is 0 Å². The first-order valence-electron chi connectivity index (χ1n) is 10.8. The van der Waals surface area contributed by atoms with Crippen LogP contribution < -0.4 is 5.32 Å². The van der Waals surface area contributed by atoms with E-state index < -0.39 is 5.97 Å². The van der Waals surface area contributed by atoms with Crippen LogP contribution >= 0.6 is 11.3 Å². The summed E-state index contributed by atoms with van der Waals surface area (Å²) in [5, 5.41) is 5.13. The molecule has 2 aromatic carbocycles. The van der Waals surface area contributed by atoms with Gasteiger partial charge in [-0.05, 0) is 42.4 Å². The van der Waals surface area contributed by atoms with Gasteiger partial charge in [-0.3, -0.25) is 9.59 Å². The van der Waals surface area contributed by atoms with Crippen LogP contribution in [-0.4, -0.2) is 24.8 Å². The largest absolute Gasteiger partial charge is 0.465 e. The second-order valence-electron chi connectivity index (χ2n) is 7.87. The van der Waals surface area contributed by atoms with E-state index in [2.05, 4.69) is 17.4 Å². The summed E-state index contributed by atoms with van der Waals surface area (Å²) in [6.07, 6.45) is 4.66. The molecule has 0 saturated heterocycles. The number of ketones is 1. The van der Waals surface area contributed by atoms with Crippen LogP contribution in [0.25, 0.3) is 11.1 Å². The molecule has 0 bridgehead atoms. The van der Waals surface area contributed by atoms with Crippen molar-refractivity contribution >= 4 is 34.0 Å². The van der Waals surface area contributed by atoms with Crippen LogP contribution in [0.3, 0.4) is 0 Å². The number of amides is 1. The lowest BCUT2D eigenvalue weighted by molar-refractivity contribution is -0.116. The minimum Gasteiger partial charge on any atom is -0.465 e. The number of hydrogen-bond donors (Lipinski definition) is 1. The van der Waals surface area contributed by atoms with Crippen molar-refractivity contribution in [1.29, 1.82) is 0 Å². The SMILES string of the molecule is COC(=O)c1c(-c2ccc3c(c2)CCCC3)csc1NC(=O)CCC(=O)c1ccccc1. The third-order valence-electron chi connectivity index (χ3n) is 5.77. The molecule has 5 nitrogen and oxygen atoms in total. The molecular formula is C26H25NO4S. The van der Waals surface area contributed by atoms with Gasteiger partial charge in [0.1, 0.15) is 10.6 Å². The van der Waals surface area contributed by atoms with Gasteiger partial charge in [-0.2, -0.15) is 0 Å². The highest BCUT2D eigenvalue weighted by atomic mass is 32.1. The number of Topliss-reactive ketones (excluding diaryl/α,β-unsaturated/α-hetero) is 1. The molecule has 164 valence electrons. The van der Waals surface area contributed by atoms with Crippen LogP contribution in [0.1, 0.15) is 57.5 Å². The monoisotopic (exact) mass is 447 g/mol. The highest BCUT2D eigenvalue weighted by Gasteiger charge is 2.23. The standard InChI is InChI=1S/C26H25NO4S/c1-31-26(30)24-21(20-12-11-17-7-5-6-10-19(17)15-20)16-32-25(24)27-23(29)14-13-22(28)18-8-3-2-4-9-18/h2-4,8-9,11-12,15-16H,5-7,10,13-14H2,1H3,(H,27,29). The van der Waals surface area contributed by atoms with Crippen LogP contribution in [0.5, 0.6) is 0 Å². The van der Waals surface area contributed by atoms with Crippen molar-refractivity contribution in [2.45, 2.75) is 38.5 Å². The minimum atomic E-state index is -0.491. The fraction of sp³-hybridized carbons (Fsp3) is 0.269. The van der Waals surface area contributed by atoms with Gasteiger partial charge in [0.2, 0.25) is 5.91 Å². The summed E-state index contributed by atoms with van der Waals surface area (Å²) in [5.41, 5.74) is 5.33. The number of anilines is 1. The number of fused-ring (bicyclic) bond motifs is 1. The predicted molar refractivity (Wildman–Crippen MR) is 126 cm³/mol. The molecule has 0 atom stereocenters. The van der Waals surface area contributed by atoms with E-state index in [1.165, 1.54) is 42.4 Å². The Balaban J connectivity index is 1.52. The average Bonchev–Trinajstić information content (AvgIpc) is 3.25. The van der Waals surface area contributed by atoms with Crippen LogP contribution in [0, 0.1) is 0 Å². The summed E-state index contributed by atoms with van der Waals surface area (Å²) in [5.74, 6) is -0.886. The number of methoxy groups -OCH3 is 1. The third-order valence-corrected chi connectivity index (χ3v) is 6.66. The summed E-state index contributed by atoms with van der Waals surface area (Å²) >= 11 is 1.29. The highest BCUT2D eigenvalue weighted by Crippen LogP contribution is 2.37. The zero-order chi connectivity index (χ0) is 22.5. The summed E-state index contributed by atoms with van der Waals surface area (Å²) in [7, 11) is 1.33. The molecule has 0 aliphatic heterocycles. The normalized spacial score (nSPS) is 12.7. The quantitative estimate of drug-likeness (QED) is 0.373. The lowest BCUT2D eigenvalue weighted by Gasteiger charge is -2.16. The maximum Gasteiger partial charge on any atom is 0.341 e. The van der Waals surface area contributed by atoms with Gasteiger partial charge in [-0.1, -0.05) is 48.5 Å². The van der Waals surface area contributed by atoms with Gasteiger partial charge >= 0.3 is 5.97 Å². The zero-order valence-electron chi connectivity index (χ0n) is 18.0. The molecular weight excluding hydrogens is 422 g/mol. The van der Waals surface area contributed by atoms with E-state index in [0.717, 1.165) is 24.0 Å². The molecule has 4 rings (SSSR count). The fourth-order valence-electron chi connectivity index (χ4n) is 4.05. The van der Waals surface area contributed by atoms with Gasteiger partial charge < -0.3 is 10.1 Å². The summed E-state index contributed by atoms with van der Waals surface area (Å²) in [6, 6.07) is 15.2. The Hall–Kier alpha value is -3.25. The van der Waals surface area contributed by atoms with Gasteiger partial charge in [0, 0.05) is 29.3 Å². The van der Waals surface area contributed by atoms with Gasteiger partial charge in [-0.25, -0.2) is 4.79 Å². The van der Waals surface area contributed by atoms with E-state index >= 15 is 0 Å². The topological polar surface area (TPSA) is 72.5 Å². The van der Waals surface area contributed by atoms with Crippen molar-refractivity contribution < 1.29 is 19.1 Å². The van der Waals surface area contributed by atoms with Gasteiger partial charge in [-0.15, -0.1) is 11.3 Å². The fourth-order valence-corrected chi connectivity index (χ4v) is 5.03. The lowest BCUT2D eigenvalue weighted by atomic mass is 9.89. The Morgan fingerprint density at radius 2 is 1.72 bits per heavy atom. The smallest absolute Gasteiger partial charge is 0.341 e. The van der Waals surface area contributed by atoms with E-state index in [9.17, 15) is 14.4 Å². The molecule has 1 aliphatic carbocycles. The average molecular weight is 448 g/mol. The molecule has 0 fully saturated rings. The molecule has 1 N–H and O–H groups in total. The van der Waals surface area contributed by atoms with Crippen LogP contribution in [-0.2, 0) is 22.4 Å². The number of rotatable bonds is 7. The first-order valence-corrected chi connectivity index (χ1v) is 11.6. The maximum absolute atomic E-state index is 12.6. The van der Waals surface area contributed by atoms with E-state index in [4.69, 9.17) is 4.74 Å². The Kier molecular flexibility index (Phi) is 6.81. The van der Waals surface area contributed by atoms with Crippen LogP contribution in [0.15, 0.2) is 53.9 Å². The van der Waals surface area contributed by atoms with Gasteiger partial charge in [0.05, 0.1) is 7.11 Å². The highest BCUT2D eigenvalue weighted by molar-refractivity contribution is 7.15. The third kappa shape index (κ3) is 4.81. The number of hydrogen-bond acceptors (Lipinski definition) is 5. The van der Waals surface area contributed by atoms with Crippen LogP contribution in [0.4, 0.5) is 5.00 Å². The number of benzene rings is 2. The molecule has 1 amide bonds. The first-order chi connectivity index (χ1) is 15.6. The van der Waals surface area contributed by atoms with Crippen molar-refractivity contribution in [2.24, 2.45) is 0 Å². The summed E-state index contributed by atoms with van der Waals surface area (Å²) < 4.78 is 5.01. The molecule has 0 spiro atoms. The minimum absolute atomic E-state index is 0.0421.